The van der Waals surface area contributed by atoms with Crippen molar-refractivity contribution in [2.75, 3.05) is 0 Å². The van der Waals surface area contributed by atoms with Crippen molar-refractivity contribution < 1.29 is 0 Å². The van der Waals surface area contributed by atoms with Crippen LogP contribution in [0.1, 0.15) is 0 Å². The van der Waals surface area contributed by atoms with Gasteiger partial charge in [0.1, 0.15) is 0 Å². The molecule has 4 heteroatoms. The number of rotatable bonds is 0. The van der Waals surface area contributed by atoms with E-state index in [0.717, 1.165) is 0 Å². The van der Waals surface area contributed by atoms with Crippen LogP contribution in [0.3, 0.4) is 0 Å². The average Bonchev–Trinajstić information content (AvgIpc) is 0.811. The molecule has 0 aromatic rings. The fourth-order valence-electron chi connectivity index (χ4n) is 0. The van der Waals surface area contributed by atoms with Crippen LogP contribution in [-0.4, -0.2) is 4.30 Å². The zero-order valence-electron chi connectivity index (χ0n) is 1.71. The summed E-state index contributed by atoms with van der Waals surface area (Å²) in [7, 11) is 0. The molecule has 0 aliphatic heterocycles. The summed E-state index contributed by atoms with van der Waals surface area (Å²) in [4.78, 5) is 0. The minimum Gasteiger partial charge on any atom is -0.410 e. The van der Waals surface area contributed by atoms with E-state index in [-0.39, 0.29) is 4.30 Å². The Morgan fingerprint density at radius 1 is 1.00 bits per heavy atom. The molecule has 0 aliphatic carbocycles. The zero-order chi connectivity index (χ0) is 3.58. The lowest BCUT2D eigenvalue weighted by Crippen LogP contribution is -1.59. The molecule has 1 radical (unpaired) electrons. The first kappa shape index (κ1) is 6.72. The van der Waals surface area contributed by atoms with E-state index in [2.05, 4.69) is 60.8 Å². The Hall–Kier alpha value is 2.72. The first-order valence-electron chi connectivity index (χ1n) is 0.655. The topological polar surface area (TPSA) is 0 Å². The van der Waals surface area contributed by atoms with Crippen molar-refractivity contribution in [3.63, 3.8) is 0 Å². The van der Waals surface area contributed by atoms with E-state index in [4.69, 9.17) is 0 Å². The van der Waals surface area contributed by atoms with Gasteiger partial charge in [-0.1, -0.05) is 0 Å². The van der Waals surface area contributed by atoms with Crippen LogP contribution in [0, 0.1) is 0 Å². The zero-order valence-corrected chi connectivity index (χ0v) is 9.34. The van der Waals surface area contributed by atoms with Crippen LogP contribution in [0.15, 0.2) is 0 Å². The summed E-state index contributed by atoms with van der Waals surface area (Å²) < 4.78 is -0.229. The van der Waals surface area contributed by atoms with Gasteiger partial charge in [0.25, 0.3) is 0 Å². The third-order valence-electron chi connectivity index (χ3n) is 0. The van der Waals surface area contributed by atoms with E-state index >= 15 is 0 Å². The van der Waals surface area contributed by atoms with E-state index in [1.807, 2.05) is 0 Å². The van der Waals surface area contributed by atoms with Gasteiger partial charge in [0.15, 0.2) is 0 Å². The monoisotopic (exact) mass is 408 g/mol. The molecule has 0 amide bonds. The molecule has 0 spiro atoms. The third kappa shape index (κ3) is 8.83. The lowest BCUT2D eigenvalue weighted by Gasteiger charge is -1.85. The van der Waals surface area contributed by atoms with Crippen molar-refractivity contribution in [2.45, 2.75) is 0 Å². The third-order valence-corrected chi connectivity index (χ3v) is 0. The summed E-state index contributed by atoms with van der Waals surface area (Å²) >= 11 is 7.37. The Bertz CT molecular complexity index is 8.00. The second kappa shape index (κ2) is 3.90. The number of hydrogen-bond donors (Lipinski definition) is 0. The first-order valence-corrected chi connectivity index (χ1v) is 13.2. The SMILES string of the molecule is [I][Al-]([I])[I]. The van der Waals surface area contributed by atoms with Crippen molar-refractivity contribution in [1.29, 1.82) is 0 Å². The average molecular weight is 408 g/mol. The molecule has 0 nitrogen and oxygen atoms in total. The molecule has 25 valence electrons. The van der Waals surface area contributed by atoms with Crippen molar-refractivity contribution >= 4 is 65.1 Å². The fraction of sp³-hybridized carbons (Fsp3) is 0. The van der Waals surface area contributed by atoms with Crippen molar-refractivity contribution in [1.82, 2.24) is 0 Å². The lowest BCUT2D eigenvalue weighted by atomic mass is 27.0. The summed E-state index contributed by atoms with van der Waals surface area (Å²) in [6.07, 6.45) is 0. The summed E-state index contributed by atoms with van der Waals surface area (Å²) in [5.74, 6) is 0. The van der Waals surface area contributed by atoms with Crippen LogP contribution in [0.2, 0.25) is 0 Å². The molecule has 0 bridgehead atoms. The summed E-state index contributed by atoms with van der Waals surface area (Å²) in [5.41, 5.74) is 0. The number of halogens is 3. The molecule has 0 heterocycles. The Balaban J connectivity index is 2.32. The minimum absolute atomic E-state index is 0.229. The largest absolute Gasteiger partial charge is 0.410 e. The van der Waals surface area contributed by atoms with E-state index in [1.165, 1.54) is 0 Å². The van der Waals surface area contributed by atoms with Gasteiger partial charge in [-0.25, -0.2) is 0 Å². The molecule has 0 N–H and O–H groups in total. The quantitative estimate of drug-likeness (QED) is 0.427. The molecule has 0 aromatic heterocycles. The van der Waals surface area contributed by atoms with Crippen LogP contribution < -0.4 is 0 Å². The second-order valence-corrected chi connectivity index (χ2v) is 33.4. The van der Waals surface area contributed by atoms with Crippen LogP contribution >= 0.6 is 60.8 Å². The molecule has 0 saturated heterocycles. The Kier molecular flexibility index (Phi) is 6.55. The molecular weight excluding hydrogens is 408 g/mol. The highest BCUT2D eigenvalue weighted by atomic mass is 127. The van der Waals surface area contributed by atoms with Crippen molar-refractivity contribution in [3.8, 4) is 0 Å². The van der Waals surface area contributed by atoms with Crippen LogP contribution in [0.4, 0.5) is 0 Å². The summed E-state index contributed by atoms with van der Waals surface area (Å²) in [5, 5.41) is 0. The predicted octanol–water partition coefficient (Wildman–Crippen LogP) is 2.28. The van der Waals surface area contributed by atoms with Crippen LogP contribution in [-0.2, 0) is 0 Å². The van der Waals surface area contributed by atoms with E-state index in [9.17, 15) is 0 Å². The fourth-order valence-corrected chi connectivity index (χ4v) is 0. The summed E-state index contributed by atoms with van der Waals surface area (Å²) in [6.45, 7) is 0. The minimum atomic E-state index is -0.229. The second-order valence-electron chi connectivity index (χ2n) is 0.247. The van der Waals surface area contributed by atoms with Gasteiger partial charge in [0.2, 0.25) is 4.30 Å². The smallest absolute Gasteiger partial charge is 0.231 e. The van der Waals surface area contributed by atoms with Crippen molar-refractivity contribution in [3.05, 3.63) is 0 Å². The molecular formula is AlI3-. The number of hydrogen-bond acceptors (Lipinski definition) is 0. The Morgan fingerprint density at radius 3 is 1.00 bits per heavy atom. The highest BCUT2D eigenvalue weighted by Crippen LogP contribution is 2.10. The van der Waals surface area contributed by atoms with Gasteiger partial charge in [-0.15, -0.1) is 0 Å². The molecule has 0 aromatic carbocycles. The Labute approximate surface area is 63.5 Å². The summed E-state index contributed by atoms with van der Waals surface area (Å²) in [6, 6.07) is 0. The van der Waals surface area contributed by atoms with E-state index < -0.39 is 0 Å². The molecule has 0 unspecified atom stereocenters. The van der Waals surface area contributed by atoms with Crippen LogP contribution in [0.5, 0.6) is 0 Å². The highest BCUT2D eigenvalue weighted by molar-refractivity contribution is 14.4. The van der Waals surface area contributed by atoms with Gasteiger partial charge in [-0.2, -0.15) is 0 Å². The lowest BCUT2D eigenvalue weighted by molar-refractivity contribution is 5.41. The molecule has 0 fully saturated rings. The molecule has 0 rings (SSSR count). The normalized spacial score (nSPS) is 9.00. The van der Waals surface area contributed by atoms with E-state index in [1.54, 1.807) is 0 Å². The van der Waals surface area contributed by atoms with Crippen molar-refractivity contribution in [2.24, 2.45) is 0 Å². The maximum atomic E-state index is 2.46. The van der Waals surface area contributed by atoms with Crippen LogP contribution in [0.25, 0.3) is 0 Å². The molecule has 0 atom stereocenters. The maximum Gasteiger partial charge on any atom is 0.231 e. The van der Waals surface area contributed by atoms with Gasteiger partial charge in [-0.3, -0.25) is 0 Å². The molecule has 4 heavy (non-hydrogen) atoms. The van der Waals surface area contributed by atoms with Gasteiger partial charge in [0, 0.05) is 0 Å². The van der Waals surface area contributed by atoms with Gasteiger partial charge >= 0.3 is 0 Å². The van der Waals surface area contributed by atoms with Gasteiger partial charge in [-0.05, 0) is 0 Å². The highest BCUT2D eigenvalue weighted by Gasteiger charge is 1.67. The predicted molar refractivity (Wildman–Crippen MR) is 47.8 cm³/mol. The molecule has 0 aliphatic rings. The molecule has 0 saturated carbocycles. The maximum absolute atomic E-state index is 2.46. The standard InChI is InChI=1S/Al.3HI/h;3*1H/q+2;;;/p-3. The first-order chi connectivity index (χ1) is 1.73. The van der Waals surface area contributed by atoms with E-state index in [0.29, 0.717) is 0 Å². The van der Waals surface area contributed by atoms with Gasteiger partial charge < -0.3 is 60.8 Å². The Morgan fingerprint density at radius 2 is 1.00 bits per heavy atom. The van der Waals surface area contributed by atoms with Gasteiger partial charge in [0.05, 0.1) is 0 Å².